The van der Waals surface area contributed by atoms with Crippen LogP contribution in [0.25, 0.3) is 11.1 Å². The summed E-state index contributed by atoms with van der Waals surface area (Å²) in [4.78, 5) is 31.9. The quantitative estimate of drug-likeness (QED) is 0.274. The van der Waals surface area contributed by atoms with Gasteiger partial charge in [0.05, 0.1) is 24.5 Å². The minimum Gasteiger partial charge on any atom is -0.379 e. The van der Waals surface area contributed by atoms with Gasteiger partial charge in [0.2, 0.25) is 5.95 Å². The molecule has 1 aromatic carbocycles. The van der Waals surface area contributed by atoms with Gasteiger partial charge in [-0.2, -0.15) is 15.3 Å². The van der Waals surface area contributed by atoms with Gasteiger partial charge in [-0.3, -0.25) is 9.58 Å². The number of aryl methyl sites for hydroxylation is 1. The van der Waals surface area contributed by atoms with Crippen LogP contribution in [0, 0.1) is 11.3 Å². The van der Waals surface area contributed by atoms with Crippen LogP contribution in [0.3, 0.4) is 0 Å². The predicted octanol–water partition coefficient (Wildman–Crippen LogP) is 5.04. The predicted molar refractivity (Wildman–Crippen MR) is 179 cm³/mol. The van der Waals surface area contributed by atoms with Crippen LogP contribution in [-0.2, 0) is 18.3 Å². The zero-order chi connectivity index (χ0) is 32.2. The van der Waals surface area contributed by atoms with Crippen molar-refractivity contribution in [1.82, 2.24) is 30.0 Å². The Kier molecular flexibility index (Phi) is 8.72. The molecule has 2 N–H and O–H groups in total. The molecule has 3 fully saturated rings. The molecular formula is C35H40N10O2. The molecule has 12 nitrogen and oxygen atoms in total. The first-order chi connectivity index (χ1) is 23.0. The van der Waals surface area contributed by atoms with Crippen molar-refractivity contribution in [3.05, 3.63) is 78.4 Å². The highest BCUT2D eigenvalue weighted by Crippen LogP contribution is 2.42. The van der Waals surface area contributed by atoms with Crippen molar-refractivity contribution >= 4 is 23.6 Å². The molecule has 4 aromatic rings. The zero-order valence-electron chi connectivity index (χ0n) is 26.7. The summed E-state index contributed by atoms with van der Waals surface area (Å²) in [6.45, 7) is 2.76. The summed E-state index contributed by atoms with van der Waals surface area (Å²) in [6.07, 6.45) is 13.5. The highest BCUT2D eigenvalue weighted by molar-refractivity contribution is 5.91. The molecular weight excluding hydrogens is 592 g/mol. The molecule has 2 amide bonds. The summed E-state index contributed by atoms with van der Waals surface area (Å²) < 4.78 is 7.58. The summed E-state index contributed by atoms with van der Waals surface area (Å²) in [7, 11) is 1.88. The van der Waals surface area contributed by atoms with Gasteiger partial charge < -0.3 is 20.3 Å². The van der Waals surface area contributed by atoms with Crippen LogP contribution >= 0.6 is 0 Å². The first kappa shape index (κ1) is 30.6. The molecule has 5 heterocycles. The van der Waals surface area contributed by atoms with Gasteiger partial charge in [0.25, 0.3) is 0 Å². The van der Waals surface area contributed by atoms with Gasteiger partial charge in [0.1, 0.15) is 17.5 Å². The number of rotatable bonds is 8. The van der Waals surface area contributed by atoms with Crippen molar-refractivity contribution in [2.45, 2.75) is 69.1 Å². The molecule has 2 aliphatic heterocycles. The topological polar surface area (TPSA) is 137 Å². The van der Waals surface area contributed by atoms with E-state index >= 15 is 0 Å². The van der Waals surface area contributed by atoms with E-state index in [0.717, 1.165) is 74.8 Å². The number of anilines is 3. The number of aromatic nitrogens is 5. The second-order valence-electron chi connectivity index (χ2n) is 12.8. The average molecular weight is 633 g/mol. The van der Waals surface area contributed by atoms with Crippen LogP contribution in [0.2, 0.25) is 0 Å². The summed E-state index contributed by atoms with van der Waals surface area (Å²) in [5, 5.41) is 20.8. The number of hydrogen-bond donors (Lipinski definition) is 2. The zero-order valence-corrected chi connectivity index (χ0v) is 26.7. The number of benzene rings is 1. The van der Waals surface area contributed by atoms with E-state index in [4.69, 9.17) is 14.7 Å². The molecule has 3 aliphatic rings. The number of nitriles is 1. The minimum absolute atomic E-state index is 0.0229. The molecule has 12 heteroatoms. The van der Waals surface area contributed by atoms with E-state index in [1.807, 2.05) is 66.8 Å². The van der Waals surface area contributed by atoms with Crippen LogP contribution < -0.4 is 20.4 Å². The fourth-order valence-corrected chi connectivity index (χ4v) is 7.09. The molecule has 1 unspecified atom stereocenters. The number of carbonyl (C=O) groups excluding carboxylic acids is 1. The SMILES string of the molecule is Cn1cc(-c2ccc(N(C(=O)NCc3ccccc3)C3CCC(Nc4ncc(C#N)c(N5CCC56CCCOC6)n4)CC3)nc2)cn1. The Hall–Kier alpha value is -5.02. The Balaban J connectivity index is 1.04. The summed E-state index contributed by atoms with van der Waals surface area (Å²) in [6, 6.07) is 16.1. The first-order valence-electron chi connectivity index (χ1n) is 16.5. The van der Waals surface area contributed by atoms with E-state index in [0.29, 0.717) is 36.3 Å². The third-order valence-electron chi connectivity index (χ3n) is 9.75. The number of urea groups is 1. The second kappa shape index (κ2) is 13.4. The lowest BCUT2D eigenvalue weighted by Gasteiger charge is -2.55. The molecule has 1 aliphatic carbocycles. The maximum absolute atomic E-state index is 13.8. The smallest absolute Gasteiger partial charge is 0.323 e. The van der Waals surface area contributed by atoms with Crippen molar-refractivity contribution in [1.29, 1.82) is 5.26 Å². The Bertz CT molecular complexity index is 1720. The lowest BCUT2D eigenvalue weighted by Crippen LogP contribution is -2.64. The summed E-state index contributed by atoms with van der Waals surface area (Å²) >= 11 is 0. The van der Waals surface area contributed by atoms with E-state index in [-0.39, 0.29) is 23.7 Å². The largest absolute Gasteiger partial charge is 0.379 e. The molecule has 47 heavy (non-hydrogen) atoms. The van der Waals surface area contributed by atoms with E-state index < -0.39 is 0 Å². The molecule has 1 atom stereocenters. The standard InChI is InChI=1S/C35H40N10O2/c1-43-23-28(22-40-43)26-8-13-31(37-20-26)45(34(46)39-19-25-6-3-2-4-7-25)30-11-9-29(10-12-30)41-33-38-21-27(18-36)32(42-33)44-16-15-35(44)14-5-17-47-24-35/h2-4,6-8,13,20-23,29-30H,5,9-12,14-17,19,24H2,1H3,(H,39,46)(H,38,41,42). The van der Waals surface area contributed by atoms with Gasteiger partial charge in [0, 0.05) is 62.3 Å². The van der Waals surface area contributed by atoms with Crippen molar-refractivity contribution in [3.63, 3.8) is 0 Å². The van der Waals surface area contributed by atoms with Crippen LogP contribution in [0.15, 0.2) is 67.3 Å². The Morgan fingerprint density at radius 3 is 2.57 bits per heavy atom. The van der Waals surface area contributed by atoms with Crippen molar-refractivity contribution in [3.8, 4) is 17.2 Å². The number of hydrogen-bond acceptors (Lipinski definition) is 9. The average Bonchev–Trinajstić information content (AvgIpc) is 3.55. The van der Waals surface area contributed by atoms with Gasteiger partial charge in [-0.05, 0) is 62.6 Å². The molecule has 242 valence electrons. The highest BCUT2D eigenvalue weighted by atomic mass is 16.5. The monoisotopic (exact) mass is 632 g/mol. The van der Waals surface area contributed by atoms with Crippen molar-refractivity contribution in [2.75, 3.05) is 34.9 Å². The molecule has 0 bridgehead atoms. The molecule has 0 radical (unpaired) electrons. The highest BCUT2D eigenvalue weighted by Gasteiger charge is 2.47. The summed E-state index contributed by atoms with van der Waals surface area (Å²) in [5.41, 5.74) is 3.38. The maximum Gasteiger partial charge on any atom is 0.323 e. The van der Waals surface area contributed by atoms with E-state index in [9.17, 15) is 10.1 Å². The van der Waals surface area contributed by atoms with Crippen molar-refractivity contribution < 1.29 is 9.53 Å². The normalized spacial score (nSPS) is 22.3. The Labute approximate surface area is 274 Å². The number of carbonyl (C=O) groups is 1. The third-order valence-corrected chi connectivity index (χ3v) is 9.75. The van der Waals surface area contributed by atoms with Gasteiger partial charge in [-0.15, -0.1) is 0 Å². The molecule has 1 saturated carbocycles. The fourth-order valence-electron chi connectivity index (χ4n) is 7.09. The number of nitrogens with zero attached hydrogens (tertiary/aromatic N) is 8. The second-order valence-corrected chi connectivity index (χ2v) is 12.8. The molecule has 7 rings (SSSR count). The number of ether oxygens (including phenoxy) is 1. The maximum atomic E-state index is 13.8. The van der Waals surface area contributed by atoms with Crippen LogP contribution in [0.1, 0.15) is 56.1 Å². The van der Waals surface area contributed by atoms with Gasteiger partial charge >= 0.3 is 6.03 Å². The van der Waals surface area contributed by atoms with E-state index in [1.54, 1.807) is 17.1 Å². The Morgan fingerprint density at radius 2 is 1.91 bits per heavy atom. The Morgan fingerprint density at radius 1 is 1.06 bits per heavy atom. The number of amides is 2. The molecule has 3 aromatic heterocycles. The van der Waals surface area contributed by atoms with Gasteiger partial charge in [-0.1, -0.05) is 30.3 Å². The van der Waals surface area contributed by atoms with Crippen LogP contribution in [0.4, 0.5) is 22.4 Å². The number of pyridine rings is 1. The third kappa shape index (κ3) is 6.49. The van der Waals surface area contributed by atoms with E-state index in [1.165, 1.54) is 0 Å². The number of nitrogens with one attached hydrogen (secondary N) is 2. The molecule has 1 spiro atoms. The molecule has 2 saturated heterocycles. The lowest BCUT2D eigenvalue weighted by molar-refractivity contribution is 0.00924. The van der Waals surface area contributed by atoms with Crippen molar-refractivity contribution in [2.24, 2.45) is 7.05 Å². The van der Waals surface area contributed by atoms with Crippen LogP contribution in [0.5, 0.6) is 0 Å². The minimum atomic E-state index is -0.165. The fraction of sp³-hybridized carbons (Fsp3) is 0.429. The first-order valence-corrected chi connectivity index (χ1v) is 16.5. The van der Waals surface area contributed by atoms with Gasteiger partial charge in [-0.25, -0.2) is 14.8 Å². The van der Waals surface area contributed by atoms with E-state index in [2.05, 4.69) is 31.7 Å². The van der Waals surface area contributed by atoms with Gasteiger partial charge in [0.15, 0.2) is 5.82 Å². The lowest BCUT2D eigenvalue weighted by atomic mass is 9.79. The van der Waals surface area contributed by atoms with Crippen LogP contribution in [-0.4, -0.2) is 68.1 Å². The summed E-state index contributed by atoms with van der Waals surface area (Å²) in [5.74, 6) is 1.85.